The Bertz CT molecular complexity index is 808. The largest absolute Gasteiger partial charge is 0.227 e. The third-order valence-electron chi connectivity index (χ3n) is 2.79. The molecule has 0 radical (unpaired) electrons. The van der Waals surface area contributed by atoms with Gasteiger partial charge in [-0.25, -0.2) is 14.6 Å². The Hall–Kier alpha value is -2.17. The molecule has 6 nitrogen and oxygen atoms in total. The molecule has 0 aliphatic heterocycles. The summed E-state index contributed by atoms with van der Waals surface area (Å²) in [5.74, 6) is 0.316. The first-order valence-corrected chi connectivity index (χ1v) is 7.42. The highest BCUT2D eigenvalue weighted by atomic mass is 35.5. The molecule has 2 aromatic heterocycles. The summed E-state index contributed by atoms with van der Waals surface area (Å²) >= 11 is 7.20. The van der Waals surface area contributed by atoms with Crippen LogP contribution in [0.1, 0.15) is 5.56 Å². The molecule has 0 bridgehead atoms. The van der Waals surface area contributed by atoms with Crippen LogP contribution in [-0.4, -0.2) is 30.7 Å². The number of nitrogens with zero attached hydrogens (tertiary/aromatic N) is 6. The molecule has 8 heteroatoms. The van der Waals surface area contributed by atoms with Gasteiger partial charge in [-0.15, -0.1) is 5.10 Å². The minimum absolute atomic E-state index is 0.316. The van der Waals surface area contributed by atoms with Gasteiger partial charge in [0, 0.05) is 5.02 Å². The van der Waals surface area contributed by atoms with Gasteiger partial charge in [0.2, 0.25) is 0 Å². The van der Waals surface area contributed by atoms with E-state index >= 15 is 0 Å². The maximum absolute atomic E-state index is 8.66. The van der Waals surface area contributed by atoms with Crippen molar-refractivity contribution < 1.29 is 0 Å². The third-order valence-corrected chi connectivity index (χ3v) is 3.88. The van der Waals surface area contributed by atoms with Gasteiger partial charge in [0.05, 0.1) is 18.4 Å². The summed E-state index contributed by atoms with van der Waals surface area (Å²) in [4.78, 5) is 8.37. The van der Waals surface area contributed by atoms with Crippen LogP contribution in [0.2, 0.25) is 5.02 Å². The molecule has 0 N–H and O–H groups in total. The van der Waals surface area contributed by atoms with Crippen molar-refractivity contribution in [3.63, 3.8) is 0 Å². The maximum atomic E-state index is 8.66. The van der Waals surface area contributed by atoms with Crippen molar-refractivity contribution >= 4 is 34.5 Å². The number of hydrogen-bond acceptors (Lipinski definition) is 6. The fourth-order valence-corrected chi connectivity index (χ4v) is 2.56. The van der Waals surface area contributed by atoms with Crippen molar-refractivity contribution in [2.24, 2.45) is 0 Å². The molecule has 3 rings (SSSR count). The van der Waals surface area contributed by atoms with Gasteiger partial charge in [0.1, 0.15) is 11.4 Å². The molecule has 0 fully saturated rings. The van der Waals surface area contributed by atoms with Gasteiger partial charge in [0.15, 0.2) is 11.2 Å². The zero-order valence-electron chi connectivity index (χ0n) is 10.8. The molecule has 3 aromatic rings. The lowest BCUT2D eigenvalue weighted by atomic mass is 10.2. The number of aromatic nitrogens is 5. The van der Waals surface area contributed by atoms with Crippen LogP contribution in [0.5, 0.6) is 0 Å². The Balaban J connectivity index is 1.93. The lowest BCUT2D eigenvalue weighted by Crippen LogP contribution is -2.03. The lowest BCUT2D eigenvalue weighted by Gasteiger charge is -2.02. The molecule has 0 saturated carbocycles. The predicted molar refractivity (Wildman–Crippen MR) is 80.0 cm³/mol. The highest BCUT2D eigenvalue weighted by Gasteiger charge is 2.12. The summed E-state index contributed by atoms with van der Waals surface area (Å²) < 4.78 is 1.71. The highest BCUT2D eigenvalue weighted by Crippen LogP contribution is 2.22. The smallest absolute Gasteiger partial charge is 0.183 e. The number of benzene rings is 1. The Morgan fingerprint density at radius 3 is 2.81 bits per heavy atom. The van der Waals surface area contributed by atoms with Crippen LogP contribution in [0.3, 0.4) is 0 Å². The SMILES string of the molecule is N#CCSc1ncnc2c1nnn2Cc1ccc(Cl)cc1. The van der Waals surface area contributed by atoms with Crippen LogP contribution in [-0.2, 0) is 6.54 Å². The first kappa shape index (κ1) is 13.8. The number of nitriles is 1. The Kier molecular flexibility index (Phi) is 3.99. The lowest BCUT2D eigenvalue weighted by molar-refractivity contribution is 0.664. The quantitative estimate of drug-likeness (QED) is 0.543. The fourth-order valence-electron chi connectivity index (χ4n) is 1.85. The zero-order chi connectivity index (χ0) is 14.7. The van der Waals surface area contributed by atoms with Gasteiger partial charge < -0.3 is 0 Å². The summed E-state index contributed by atoms with van der Waals surface area (Å²) in [6.45, 7) is 0.549. The molecular weight excluding hydrogens is 308 g/mol. The van der Waals surface area contributed by atoms with E-state index in [1.54, 1.807) is 4.68 Å². The van der Waals surface area contributed by atoms with Crippen molar-refractivity contribution in [3.8, 4) is 6.07 Å². The molecule has 104 valence electrons. The van der Waals surface area contributed by atoms with Crippen molar-refractivity contribution in [1.82, 2.24) is 25.0 Å². The molecule has 21 heavy (non-hydrogen) atoms. The molecule has 0 saturated heterocycles. The second-order valence-electron chi connectivity index (χ2n) is 4.17. The zero-order valence-corrected chi connectivity index (χ0v) is 12.3. The topological polar surface area (TPSA) is 80.3 Å². The average Bonchev–Trinajstić information content (AvgIpc) is 2.91. The highest BCUT2D eigenvalue weighted by molar-refractivity contribution is 7.99. The molecular formula is C13H9ClN6S. The van der Waals surface area contributed by atoms with E-state index in [0.29, 0.717) is 33.5 Å². The molecule has 0 amide bonds. The van der Waals surface area contributed by atoms with E-state index in [0.717, 1.165) is 5.56 Å². The van der Waals surface area contributed by atoms with Crippen molar-refractivity contribution in [3.05, 3.63) is 41.2 Å². The van der Waals surface area contributed by atoms with Gasteiger partial charge in [-0.05, 0) is 17.7 Å². The van der Waals surface area contributed by atoms with Crippen LogP contribution in [0.25, 0.3) is 11.2 Å². The fraction of sp³-hybridized carbons (Fsp3) is 0.154. The first-order valence-electron chi connectivity index (χ1n) is 6.06. The van der Waals surface area contributed by atoms with Crippen LogP contribution in [0.15, 0.2) is 35.6 Å². The van der Waals surface area contributed by atoms with Crippen LogP contribution < -0.4 is 0 Å². The summed E-state index contributed by atoms with van der Waals surface area (Å²) in [7, 11) is 0. The Labute approximate surface area is 129 Å². The second kappa shape index (κ2) is 6.08. The van der Waals surface area contributed by atoms with Crippen LogP contribution in [0.4, 0.5) is 0 Å². The summed E-state index contributed by atoms with van der Waals surface area (Å²) in [6.07, 6.45) is 1.46. The average molecular weight is 317 g/mol. The normalized spacial score (nSPS) is 10.7. The first-order chi connectivity index (χ1) is 10.3. The molecule has 1 aromatic carbocycles. The third kappa shape index (κ3) is 2.96. The van der Waals surface area contributed by atoms with Crippen molar-refractivity contribution in [2.75, 3.05) is 5.75 Å². The molecule has 0 spiro atoms. The van der Waals surface area contributed by atoms with Gasteiger partial charge in [-0.1, -0.05) is 40.7 Å². The number of thioether (sulfide) groups is 1. The van der Waals surface area contributed by atoms with E-state index in [4.69, 9.17) is 16.9 Å². The number of hydrogen-bond donors (Lipinski definition) is 0. The predicted octanol–water partition coefficient (Wildman–Crippen LogP) is 2.54. The second-order valence-corrected chi connectivity index (χ2v) is 5.57. The van der Waals surface area contributed by atoms with E-state index in [9.17, 15) is 0 Å². The monoisotopic (exact) mass is 316 g/mol. The van der Waals surface area contributed by atoms with Gasteiger partial charge in [-0.3, -0.25) is 0 Å². The Morgan fingerprint density at radius 2 is 2.05 bits per heavy atom. The van der Waals surface area contributed by atoms with Crippen LogP contribution >= 0.6 is 23.4 Å². The number of rotatable bonds is 4. The standard InChI is InChI=1S/C13H9ClN6S/c14-10-3-1-9(2-4-10)7-20-12-11(18-19-20)13(17-8-16-12)21-6-5-15/h1-4,8H,6-7H2. The number of halogens is 1. The van der Waals surface area contributed by atoms with E-state index in [1.807, 2.05) is 24.3 Å². The van der Waals surface area contributed by atoms with Crippen molar-refractivity contribution in [2.45, 2.75) is 11.6 Å². The van der Waals surface area contributed by atoms with Crippen molar-refractivity contribution in [1.29, 1.82) is 5.26 Å². The summed E-state index contributed by atoms with van der Waals surface area (Å²) in [5, 5.41) is 18.3. The van der Waals surface area contributed by atoms with E-state index in [1.165, 1.54) is 18.1 Å². The van der Waals surface area contributed by atoms with E-state index in [2.05, 4.69) is 26.3 Å². The van der Waals surface area contributed by atoms with E-state index in [-0.39, 0.29) is 0 Å². The molecule has 0 unspecified atom stereocenters. The van der Waals surface area contributed by atoms with Gasteiger partial charge in [-0.2, -0.15) is 5.26 Å². The van der Waals surface area contributed by atoms with Gasteiger partial charge >= 0.3 is 0 Å². The van der Waals surface area contributed by atoms with E-state index < -0.39 is 0 Å². The van der Waals surface area contributed by atoms with Crippen LogP contribution in [0, 0.1) is 11.3 Å². The molecule has 0 aliphatic carbocycles. The molecule has 0 aliphatic rings. The molecule has 0 atom stereocenters. The summed E-state index contributed by atoms with van der Waals surface area (Å²) in [5.41, 5.74) is 2.32. The molecule has 2 heterocycles. The maximum Gasteiger partial charge on any atom is 0.183 e. The van der Waals surface area contributed by atoms with Gasteiger partial charge in [0.25, 0.3) is 0 Å². The Morgan fingerprint density at radius 1 is 1.24 bits per heavy atom. The summed E-state index contributed by atoms with van der Waals surface area (Å²) in [6, 6.07) is 9.60. The minimum atomic E-state index is 0.316. The minimum Gasteiger partial charge on any atom is -0.227 e. The number of fused-ring (bicyclic) bond motifs is 1.